The van der Waals surface area contributed by atoms with E-state index in [4.69, 9.17) is 13.3 Å². The molecule has 0 aliphatic rings. The van der Waals surface area contributed by atoms with Gasteiger partial charge in [0.2, 0.25) is 0 Å². The zero-order valence-electron chi connectivity index (χ0n) is 2.71. The first-order valence-corrected chi connectivity index (χ1v) is 1.55. The third-order valence-corrected chi connectivity index (χ3v) is 0. The third-order valence-electron chi connectivity index (χ3n) is 0. The minimum atomic E-state index is -2.86. The molecule has 1 atom stereocenters. The van der Waals surface area contributed by atoms with Gasteiger partial charge in [0.1, 0.15) is 0 Å². The Bertz CT molecular complexity index is 33.8. The van der Waals surface area contributed by atoms with Crippen LogP contribution < -0.4 is 6.15 Å². The first kappa shape index (κ1) is 16.0. The summed E-state index contributed by atoms with van der Waals surface area (Å²) in [5.74, 6) is 0. The van der Waals surface area contributed by atoms with Gasteiger partial charge in [-0.1, -0.05) is 0 Å². The minimum absolute atomic E-state index is 0. The van der Waals surface area contributed by atoms with Gasteiger partial charge in [-0.15, -0.1) is 0 Å². The van der Waals surface area contributed by atoms with Crippen molar-refractivity contribution in [1.82, 2.24) is 6.15 Å². The average molecular weight is 157 g/mol. The maximum Gasteiger partial charge on any atom is 0.0814 e. The molecule has 0 aromatic heterocycles. The molecule has 0 aromatic carbocycles. The first-order chi connectivity index (χ1) is 1.73. The van der Waals surface area contributed by atoms with E-state index in [1.54, 1.807) is 0 Å². The van der Waals surface area contributed by atoms with Crippen LogP contribution in [0.3, 0.4) is 0 Å². The Kier molecular flexibility index (Phi) is 24.3. The van der Waals surface area contributed by atoms with Crippen LogP contribution in [-0.4, -0.2) is 13.3 Å². The summed E-state index contributed by atoms with van der Waals surface area (Å²) in [6, 6.07) is 0. The first-order valence-electron chi connectivity index (χ1n) is 0.516. The Morgan fingerprint density at radius 3 is 1.67 bits per heavy atom. The van der Waals surface area contributed by atoms with Gasteiger partial charge in [0, 0.05) is 16.8 Å². The van der Waals surface area contributed by atoms with Crippen LogP contribution >= 0.6 is 0 Å². The fraction of sp³-hybridized carbons (Fsp3) is 0. The van der Waals surface area contributed by atoms with E-state index in [0.717, 1.165) is 0 Å². The minimum Gasteiger partial charge on any atom is -0.750 e. The fourth-order valence-electron chi connectivity index (χ4n) is 0. The summed E-state index contributed by atoms with van der Waals surface area (Å²) in [6.45, 7) is 0. The molecule has 0 spiro atoms. The molecule has 0 bridgehead atoms. The smallest absolute Gasteiger partial charge is 0.0814 e. The van der Waals surface area contributed by atoms with E-state index < -0.39 is 11.4 Å². The molecule has 4 nitrogen and oxygen atoms in total. The SMILES string of the molecule is N.O=S([O-])O.[Co]. The van der Waals surface area contributed by atoms with Crippen molar-refractivity contribution in [2.24, 2.45) is 0 Å². The topological polar surface area (TPSA) is 95.4 Å². The van der Waals surface area contributed by atoms with E-state index in [-0.39, 0.29) is 22.9 Å². The second kappa shape index (κ2) is 9.11. The summed E-state index contributed by atoms with van der Waals surface area (Å²) in [6.07, 6.45) is 0. The van der Waals surface area contributed by atoms with Crippen molar-refractivity contribution in [3.63, 3.8) is 0 Å². The third kappa shape index (κ3) is 197. The second-order valence-corrected chi connectivity index (χ2v) is 0.651. The van der Waals surface area contributed by atoms with Crippen LogP contribution in [0.5, 0.6) is 0 Å². The molecule has 0 saturated carbocycles. The van der Waals surface area contributed by atoms with Gasteiger partial charge in [0.05, 0.1) is 11.4 Å². The molecule has 1 radical (unpaired) electrons. The molecule has 0 aromatic rings. The molecule has 0 saturated heterocycles. The van der Waals surface area contributed by atoms with E-state index >= 15 is 0 Å². The molecule has 6 heteroatoms. The van der Waals surface area contributed by atoms with Crippen LogP contribution in [0, 0.1) is 0 Å². The Labute approximate surface area is 48.2 Å². The maximum absolute atomic E-state index is 8.56. The van der Waals surface area contributed by atoms with Crippen molar-refractivity contribution in [3.05, 3.63) is 0 Å². The van der Waals surface area contributed by atoms with Crippen LogP contribution in [0.4, 0.5) is 0 Å². The summed E-state index contributed by atoms with van der Waals surface area (Å²) in [4.78, 5) is 0. The molecule has 6 heavy (non-hydrogen) atoms. The molecule has 0 aliphatic heterocycles. The van der Waals surface area contributed by atoms with E-state index in [2.05, 4.69) is 0 Å². The van der Waals surface area contributed by atoms with Gasteiger partial charge in [0.25, 0.3) is 0 Å². The number of rotatable bonds is 0. The zero-order chi connectivity index (χ0) is 3.58. The predicted molar refractivity (Wildman–Crippen MR) is 16.6 cm³/mol. The largest absolute Gasteiger partial charge is 0.750 e. The van der Waals surface area contributed by atoms with Gasteiger partial charge in [-0.05, 0) is 0 Å². The molecule has 0 amide bonds. The van der Waals surface area contributed by atoms with Gasteiger partial charge in [0.15, 0.2) is 0 Å². The summed E-state index contributed by atoms with van der Waals surface area (Å²) >= 11 is -2.86. The van der Waals surface area contributed by atoms with Crippen LogP contribution in [0.2, 0.25) is 0 Å². The Morgan fingerprint density at radius 1 is 1.67 bits per heavy atom. The van der Waals surface area contributed by atoms with Gasteiger partial charge < -0.3 is 15.3 Å². The van der Waals surface area contributed by atoms with Crippen molar-refractivity contribution >= 4 is 11.4 Å². The second-order valence-electron chi connectivity index (χ2n) is 0.217. The van der Waals surface area contributed by atoms with E-state index in [1.807, 2.05) is 0 Å². The molecule has 0 heterocycles. The van der Waals surface area contributed by atoms with Crippen LogP contribution in [-0.2, 0) is 28.1 Å². The fourth-order valence-corrected chi connectivity index (χ4v) is 0. The number of hydrogen-bond acceptors (Lipinski definition) is 3. The van der Waals surface area contributed by atoms with Gasteiger partial charge >= 0.3 is 0 Å². The molecular formula is H4CoNO3S-. The van der Waals surface area contributed by atoms with E-state index in [0.29, 0.717) is 0 Å². The van der Waals surface area contributed by atoms with Gasteiger partial charge in [-0.2, -0.15) is 0 Å². The standard InChI is InChI=1S/Co.H3N.H2O3S/c;;1-4(2)3/h;1H3;(H2,1,2,3)/p-1. The summed E-state index contributed by atoms with van der Waals surface area (Å²) in [5.41, 5.74) is 0. The van der Waals surface area contributed by atoms with Crippen molar-refractivity contribution in [3.8, 4) is 0 Å². The van der Waals surface area contributed by atoms with Gasteiger partial charge in [-0.25, -0.2) is 4.21 Å². The summed E-state index contributed by atoms with van der Waals surface area (Å²) < 4.78 is 24.1. The molecular weight excluding hydrogens is 153 g/mol. The maximum atomic E-state index is 8.56. The molecule has 1 unspecified atom stereocenters. The Hall–Kier alpha value is 0.536. The van der Waals surface area contributed by atoms with Crippen molar-refractivity contribution in [2.45, 2.75) is 0 Å². The summed E-state index contributed by atoms with van der Waals surface area (Å²) in [5, 5.41) is 0. The van der Waals surface area contributed by atoms with E-state index in [9.17, 15) is 0 Å². The molecule has 0 rings (SSSR count). The van der Waals surface area contributed by atoms with Crippen molar-refractivity contribution < 1.29 is 30.1 Å². The van der Waals surface area contributed by atoms with Gasteiger partial charge in [-0.3, -0.25) is 0 Å². The Balaban J connectivity index is -0.0000000450. The van der Waals surface area contributed by atoms with E-state index in [1.165, 1.54) is 0 Å². The Morgan fingerprint density at radius 2 is 1.67 bits per heavy atom. The summed E-state index contributed by atoms with van der Waals surface area (Å²) in [7, 11) is 0. The monoisotopic (exact) mass is 157 g/mol. The van der Waals surface area contributed by atoms with Crippen LogP contribution in [0.25, 0.3) is 0 Å². The molecule has 4 N–H and O–H groups in total. The van der Waals surface area contributed by atoms with Crippen LogP contribution in [0.15, 0.2) is 0 Å². The molecule has 0 aliphatic carbocycles. The molecule has 43 valence electrons. The van der Waals surface area contributed by atoms with Crippen LogP contribution in [0.1, 0.15) is 0 Å². The zero-order valence-corrected chi connectivity index (χ0v) is 4.57. The number of hydrogen-bond donors (Lipinski definition) is 2. The predicted octanol–water partition coefficient (Wildman–Crippen LogP) is -0.502. The molecule has 0 fully saturated rings. The quantitative estimate of drug-likeness (QED) is 0.463. The van der Waals surface area contributed by atoms with Crippen molar-refractivity contribution in [2.75, 3.05) is 0 Å². The van der Waals surface area contributed by atoms with Crippen molar-refractivity contribution in [1.29, 1.82) is 0 Å². The average Bonchev–Trinajstić information content (AvgIpc) is 0.811. The normalized spacial score (nSPS) is 10.3.